The predicted molar refractivity (Wildman–Crippen MR) is 226 cm³/mol. The number of hydrogen-bond acceptors (Lipinski definition) is 8. The Labute approximate surface area is 339 Å². The first-order valence-electron chi connectivity index (χ1n) is 19.2. The van der Waals surface area contributed by atoms with Crippen LogP contribution in [0.25, 0.3) is 11.1 Å². The average Bonchev–Trinajstić information content (AvgIpc) is 3.51. The second-order valence-electron chi connectivity index (χ2n) is 16.2. The molecule has 0 aliphatic carbocycles. The third-order valence-corrected chi connectivity index (χ3v) is 12.3. The molecule has 0 fully saturated rings. The number of nitro groups is 1. The summed E-state index contributed by atoms with van der Waals surface area (Å²) in [5.74, 6) is 0.0497. The lowest BCUT2D eigenvalue weighted by Crippen LogP contribution is -2.33. The third kappa shape index (κ3) is 8.95. The van der Waals surface area contributed by atoms with Crippen LogP contribution in [0, 0.1) is 10.1 Å². The number of para-hydroxylation sites is 1. The topological polar surface area (TPSA) is 131 Å². The first kappa shape index (κ1) is 39.8. The summed E-state index contributed by atoms with van der Waals surface area (Å²) in [4.78, 5) is 26.6. The van der Waals surface area contributed by atoms with Crippen molar-refractivity contribution in [3.05, 3.63) is 146 Å². The standard InChI is InChI=1S/C45H47ClN4O6S/c1-44(2,3)38-26-34(25-35-29-45(4,56-42(35)38)28-30-12-18-36(46)19-13-30)31-14-16-33(17-15-31)43(51)48-57(54,55)37-20-21-39(41(27-37)50(52)53)47-22-8-24-49-23-7-10-32-9-5-6-11-40(32)49/h5-6,9,11-21,25-27,47H,7-8,10,22-24,28-29H2,1-4H3,(H,48,51). The van der Waals surface area contributed by atoms with Crippen molar-refractivity contribution in [1.82, 2.24) is 4.72 Å². The van der Waals surface area contributed by atoms with Crippen LogP contribution in [0.5, 0.6) is 5.75 Å². The van der Waals surface area contributed by atoms with Gasteiger partial charge in [-0.1, -0.05) is 74.8 Å². The first-order valence-corrected chi connectivity index (χ1v) is 21.1. The van der Waals surface area contributed by atoms with Gasteiger partial charge in [-0.3, -0.25) is 14.9 Å². The van der Waals surface area contributed by atoms with Crippen LogP contribution in [0.1, 0.15) is 73.1 Å². The van der Waals surface area contributed by atoms with E-state index in [1.54, 1.807) is 24.3 Å². The number of halogens is 1. The molecule has 7 rings (SSSR count). The molecule has 5 aromatic carbocycles. The zero-order valence-electron chi connectivity index (χ0n) is 32.6. The Morgan fingerprint density at radius 3 is 2.40 bits per heavy atom. The summed E-state index contributed by atoms with van der Waals surface area (Å²) >= 11 is 6.12. The SMILES string of the molecule is CC1(Cc2ccc(Cl)cc2)Cc2cc(-c3ccc(C(=O)NS(=O)(=O)c4ccc(NCCCN5CCCc6ccccc65)c([N+](=O)[O-])c4)cc3)cc(C(C)(C)C)c2O1. The fourth-order valence-corrected chi connectivity index (χ4v) is 8.97. The summed E-state index contributed by atoms with van der Waals surface area (Å²) < 4.78 is 35.5. The Morgan fingerprint density at radius 2 is 1.68 bits per heavy atom. The molecule has 1 amide bonds. The molecule has 0 saturated carbocycles. The van der Waals surface area contributed by atoms with Crippen molar-refractivity contribution >= 4 is 44.6 Å². The van der Waals surface area contributed by atoms with Gasteiger partial charge in [-0.05, 0) is 114 Å². The van der Waals surface area contributed by atoms with Gasteiger partial charge in [0.25, 0.3) is 21.6 Å². The highest BCUT2D eigenvalue weighted by atomic mass is 35.5. The molecule has 1 unspecified atom stereocenters. The first-order chi connectivity index (χ1) is 27.1. The van der Waals surface area contributed by atoms with E-state index in [0.717, 1.165) is 72.0 Å². The summed E-state index contributed by atoms with van der Waals surface area (Å²) in [5, 5.41) is 15.8. The predicted octanol–water partition coefficient (Wildman–Crippen LogP) is 9.52. The number of sulfonamides is 1. The number of carbonyl (C=O) groups is 1. The van der Waals surface area contributed by atoms with Crippen molar-refractivity contribution in [3.63, 3.8) is 0 Å². The zero-order chi connectivity index (χ0) is 40.5. The molecule has 2 heterocycles. The number of carbonyl (C=O) groups excluding carboxylic acids is 1. The van der Waals surface area contributed by atoms with E-state index >= 15 is 0 Å². The Bertz CT molecular complexity index is 2430. The van der Waals surface area contributed by atoms with E-state index in [1.807, 2.05) is 36.4 Å². The number of benzene rings is 5. The molecule has 0 spiro atoms. The number of rotatable bonds is 12. The molecule has 0 aromatic heterocycles. The Morgan fingerprint density at radius 1 is 0.947 bits per heavy atom. The smallest absolute Gasteiger partial charge is 0.293 e. The van der Waals surface area contributed by atoms with E-state index < -0.39 is 32.1 Å². The van der Waals surface area contributed by atoms with Crippen LogP contribution in [0.4, 0.5) is 17.1 Å². The summed E-state index contributed by atoms with van der Waals surface area (Å²) in [7, 11) is -4.43. The largest absolute Gasteiger partial charge is 0.486 e. The lowest BCUT2D eigenvalue weighted by atomic mass is 9.82. The summed E-state index contributed by atoms with van der Waals surface area (Å²) in [6.07, 6.45) is 4.28. The average molecular weight is 807 g/mol. The van der Waals surface area contributed by atoms with Gasteiger partial charge in [0.2, 0.25) is 0 Å². The summed E-state index contributed by atoms with van der Waals surface area (Å²) in [6, 6.07) is 30.7. The second-order valence-corrected chi connectivity index (χ2v) is 18.4. The number of nitro benzene ring substituents is 1. The van der Waals surface area contributed by atoms with Crippen LogP contribution in [0.15, 0.2) is 108 Å². The number of anilines is 2. The minimum absolute atomic E-state index is 0.127. The molecular formula is C45H47ClN4O6S. The molecule has 2 aliphatic rings. The minimum atomic E-state index is -4.43. The van der Waals surface area contributed by atoms with Gasteiger partial charge in [0.15, 0.2) is 0 Å². The fraction of sp³-hybridized carbons (Fsp3) is 0.311. The van der Waals surface area contributed by atoms with Crippen molar-refractivity contribution in [2.45, 2.75) is 75.7 Å². The van der Waals surface area contributed by atoms with Crippen molar-refractivity contribution in [1.29, 1.82) is 0 Å². The van der Waals surface area contributed by atoms with Crippen molar-refractivity contribution in [3.8, 4) is 16.9 Å². The molecule has 2 N–H and O–H groups in total. The van der Waals surface area contributed by atoms with E-state index in [4.69, 9.17) is 16.3 Å². The zero-order valence-corrected chi connectivity index (χ0v) is 34.2. The van der Waals surface area contributed by atoms with Gasteiger partial charge in [0.05, 0.1) is 9.82 Å². The molecule has 2 aliphatic heterocycles. The van der Waals surface area contributed by atoms with Crippen LogP contribution < -0.4 is 19.7 Å². The van der Waals surface area contributed by atoms with Gasteiger partial charge >= 0.3 is 0 Å². The monoisotopic (exact) mass is 806 g/mol. The molecule has 0 saturated heterocycles. The maximum atomic E-state index is 13.4. The van der Waals surface area contributed by atoms with Crippen LogP contribution in [-0.4, -0.2) is 44.5 Å². The number of nitrogens with one attached hydrogen (secondary N) is 2. The number of hydrogen-bond donors (Lipinski definition) is 2. The highest BCUT2D eigenvalue weighted by Crippen LogP contribution is 2.46. The lowest BCUT2D eigenvalue weighted by Gasteiger charge is -2.31. The van der Waals surface area contributed by atoms with Gasteiger partial charge in [-0.25, -0.2) is 13.1 Å². The van der Waals surface area contributed by atoms with Crippen molar-refractivity contribution < 1.29 is 22.9 Å². The van der Waals surface area contributed by atoms with E-state index in [0.29, 0.717) is 24.4 Å². The normalized spacial score (nSPS) is 16.3. The van der Waals surface area contributed by atoms with Crippen LogP contribution in [0.3, 0.4) is 0 Å². The van der Waals surface area contributed by atoms with E-state index in [9.17, 15) is 23.3 Å². The van der Waals surface area contributed by atoms with Gasteiger partial charge in [0, 0.05) is 60.4 Å². The van der Waals surface area contributed by atoms with E-state index in [1.165, 1.54) is 23.4 Å². The minimum Gasteiger partial charge on any atom is -0.486 e. The molecule has 10 nitrogen and oxygen atoms in total. The van der Waals surface area contributed by atoms with Crippen molar-refractivity contribution in [2.75, 3.05) is 29.9 Å². The molecular weight excluding hydrogens is 760 g/mol. The van der Waals surface area contributed by atoms with Crippen LogP contribution in [0.2, 0.25) is 5.02 Å². The highest BCUT2D eigenvalue weighted by Gasteiger charge is 2.38. The number of nitrogens with zero attached hydrogens (tertiary/aromatic N) is 2. The second kappa shape index (κ2) is 15.9. The van der Waals surface area contributed by atoms with Crippen molar-refractivity contribution in [2.24, 2.45) is 0 Å². The molecule has 12 heteroatoms. The van der Waals surface area contributed by atoms with E-state index in [2.05, 4.69) is 66.9 Å². The maximum absolute atomic E-state index is 13.4. The maximum Gasteiger partial charge on any atom is 0.293 e. The molecule has 296 valence electrons. The van der Waals surface area contributed by atoms with Gasteiger partial charge in [-0.2, -0.15) is 0 Å². The highest BCUT2D eigenvalue weighted by molar-refractivity contribution is 7.90. The van der Waals surface area contributed by atoms with Gasteiger partial charge in [-0.15, -0.1) is 0 Å². The van der Waals surface area contributed by atoms with Crippen LogP contribution >= 0.6 is 11.6 Å². The molecule has 1 atom stereocenters. The van der Waals surface area contributed by atoms with Crippen LogP contribution in [-0.2, 0) is 34.7 Å². The Balaban J connectivity index is 1.02. The number of fused-ring (bicyclic) bond motifs is 2. The van der Waals surface area contributed by atoms with Gasteiger partial charge in [0.1, 0.15) is 17.0 Å². The lowest BCUT2D eigenvalue weighted by molar-refractivity contribution is -0.384. The quantitative estimate of drug-likeness (QED) is 0.0725. The van der Waals surface area contributed by atoms with E-state index in [-0.39, 0.29) is 21.6 Å². The molecule has 57 heavy (non-hydrogen) atoms. The number of aryl methyl sites for hydroxylation is 1. The third-order valence-electron chi connectivity index (χ3n) is 10.7. The molecule has 5 aromatic rings. The molecule has 0 radical (unpaired) electrons. The summed E-state index contributed by atoms with van der Waals surface area (Å²) in [6.45, 7) is 10.8. The van der Waals surface area contributed by atoms with Gasteiger partial charge < -0.3 is 15.0 Å². The Hall–Kier alpha value is -5.39. The molecule has 0 bridgehead atoms. The fourth-order valence-electron chi connectivity index (χ4n) is 7.85. The Kier molecular flexibility index (Phi) is 11.1. The summed E-state index contributed by atoms with van der Waals surface area (Å²) in [5.41, 5.74) is 6.94. The number of amides is 1. The number of ether oxygens (including phenoxy) is 1.